The first-order valence-electron chi connectivity index (χ1n) is 6.33. The second-order valence-corrected chi connectivity index (χ2v) is 5.89. The molecule has 0 aliphatic carbocycles. The van der Waals surface area contributed by atoms with Gasteiger partial charge in [-0.2, -0.15) is 0 Å². The summed E-state index contributed by atoms with van der Waals surface area (Å²) in [6.07, 6.45) is 2.06. The molecule has 1 aromatic carbocycles. The van der Waals surface area contributed by atoms with E-state index in [0.29, 0.717) is 18.4 Å². The highest BCUT2D eigenvalue weighted by Gasteiger charge is 2.29. The van der Waals surface area contributed by atoms with Crippen LogP contribution in [0.1, 0.15) is 18.9 Å². The normalized spacial score (nSPS) is 25.3. The third kappa shape index (κ3) is 3.31. The Morgan fingerprint density at radius 2 is 2.33 bits per heavy atom. The molecular weight excluding hydrogens is 297 g/mol. The number of rotatable bonds is 4. The van der Waals surface area contributed by atoms with E-state index in [9.17, 15) is 4.39 Å². The molecular formula is C14H19BrFNO. The first-order chi connectivity index (χ1) is 8.60. The average molecular weight is 316 g/mol. The lowest BCUT2D eigenvalue weighted by Gasteiger charge is -2.22. The van der Waals surface area contributed by atoms with Crippen molar-refractivity contribution in [3.63, 3.8) is 0 Å². The predicted octanol–water partition coefficient (Wildman–Crippen LogP) is 3.14. The molecule has 0 saturated carbocycles. The van der Waals surface area contributed by atoms with Crippen LogP contribution in [0.25, 0.3) is 0 Å². The lowest BCUT2D eigenvalue weighted by Crippen LogP contribution is -2.36. The summed E-state index contributed by atoms with van der Waals surface area (Å²) in [6.45, 7) is 2.86. The van der Waals surface area contributed by atoms with Crippen molar-refractivity contribution in [1.82, 2.24) is 5.32 Å². The maximum atomic E-state index is 13.8. The van der Waals surface area contributed by atoms with Crippen LogP contribution in [0.3, 0.4) is 0 Å². The van der Waals surface area contributed by atoms with Gasteiger partial charge in [0.25, 0.3) is 0 Å². The molecule has 1 N–H and O–H groups in total. The molecule has 0 radical (unpaired) electrons. The van der Waals surface area contributed by atoms with E-state index in [1.807, 2.05) is 13.1 Å². The predicted molar refractivity (Wildman–Crippen MR) is 74.2 cm³/mol. The van der Waals surface area contributed by atoms with Crippen molar-refractivity contribution < 1.29 is 9.13 Å². The zero-order chi connectivity index (χ0) is 13.1. The van der Waals surface area contributed by atoms with Crippen LogP contribution < -0.4 is 5.32 Å². The first kappa shape index (κ1) is 14.0. The molecule has 1 fully saturated rings. The van der Waals surface area contributed by atoms with Crippen LogP contribution >= 0.6 is 15.9 Å². The number of likely N-dealkylation sites (N-methyl/N-ethyl adjacent to an activating group) is 1. The van der Waals surface area contributed by atoms with E-state index < -0.39 is 0 Å². The molecule has 1 heterocycles. The molecule has 1 saturated heterocycles. The highest BCUT2D eigenvalue weighted by atomic mass is 79.9. The second kappa shape index (κ2) is 6.13. The third-order valence-electron chi connectivity index (χ3n) is 3.62. The number of halogens is 2. The van der Waals surface area contributed by atoms with Gasteiger partial charge in [0.15, 0.2) is 0 Å². The fourth-order valence-corrected chi connectivity index (χ4v) is 2.98. The number of hydrogen-bond acceptors (Lipinski definition) is 2. The van der Waals surface area contributed by atoms with Gasteiger partial charge in [-0.3, -0.25) is 0 Å². The number of benzene rings is 1. The Hall–Kier alpha value is -0.450. The Kier molecular flexibility index (Phi) is 4.76. The molecule has 18 heavy (non-hydrogen) atoms. The second-order valence-electron chi connectivity index (χ2n) is 4.97. The van der Waals surface area contributed by atoms with E-state index in [1.54, 1.807) is 6.07 Å². The highest BCUT2D eigenvalue weighted by molar-refractivity contribution is 9.10. The minimum absolute atomic E-state index is 0.134. The Morgan fingerprint density at radius 3 is 2.94 bits per heavy atom. The van der Waals surface area contributed by atoms with Gasteiger partial charge in [0.05, 0.1) is 12.7 Å². The number of ether oxygens (including phenoxy) is 1. The number of nitrogens with one attached hydrogen (secondary N) is 1. The number of hydrogen-bond donors (Lipinski definition) is 1. The van der Waals surface area contributed by atoms with Gasteiger partial charge in [-0.15, -0.1) is 0 Å². The molecule has 2 rings (SSSR count). The van der Waals surface area contributed by atoms with Gasteiger partial charge >= 0.3 is 0 Å². The van der Waals surface area contributed by atoms with Crippen molar-refractivity contribution in [3.8, 4) is 0 Å². The summed E-state index contributed by atoms with van der Waals surface area (Å²) in [5.41, 5.74) is 0.753. The van der Waals surface area contributed by atoms with E-state index >= 15 is 0 Å². The van der Waals surface area contributed by atoms with Gasteiger partial charge in [0.1, 0.15) is 5.82 Å². The molecule has 0 aromatic heterocycles. The van der Waals surface area contributed by atoms with E-state index in [1.165, 1.54) is 6.07 Å². The van der Waals surface area contributed by atoms with Crippen molar-refractivity contribution >= 4 is 15.9 Å². The molecule has 2 nitrogen and oxygen atoms in total. The summed E-state index contributed by atoms with van der Waals surface area (Å²) in [5, 5.41) is 3.30. The quantitative estimate of drug-likeness (QED) is 0.921. The van der Waals surface area contributed by atoms with Gasteiger partial charge in [0, 0.05) is 16.4 Å². The van der Waals surface area contributed by atoms with E-state index in [2.05, 4.69) is 28.2 Å². The van der Waals surface area contributed by atoms with Crippen LogP contribution in [0.4, 0.5) is 4.39 Å². The summed E-state index contributed by atoms with van der Waals surface area (Å²) in [5.74, 6) is 0.328. The van der Waals surface area contributed by atoms with Gasteiger partial charge in [-0.1, -0.05) is 15.9 Å². The largest absolute Gasteiger partial charge is 0.378 e. The molecule has 3 unspecified atom stereocenters. The Bertz CT molecular complexity index is 413. The zero-order valence-electron chi connectivity index (χ0n) is 10.7. The van der Waals surface area contributed by atoms with Crippen molar-refractivity contribution in [1.29, 1.82) is 0 Å². The summed E-state index contributed by atoms with van der Waals surface area (Å²) in [6, 6.07) is 5.37. The maximum absolute atomic E-state index is 13.8. The monoisotopic (exact) mass is 315 g/mol. The van der Waals surface area contributed by atoms with Gasteiger partial charge < -0.3 is 10.1 Å². The van der Waals surface area contributed by atoms with Crippen LogP contribution in [0.2, 0.25) is 0 Å². The Balaban J connectivity index is 2.08. The van der Waals surface area contributed by atoms with Gasteiger partial charge in [0.2, 0.25) is 0 Å². The van der Waals surface area contributed by atoms with Crippen LogP contribution in [0, 0.1) is 11.7 Å². The summed E-state index contributed by atoms with van der Waals surface area (Å²) < 4.78 is 20.3. The van der Waals surface area contributed by atoms with Crippen molar-refractivity contribution in [3.05, 3.63) is 34.1 Å². The van der Waals surface area contributed by atoms with Crippen molar-refractivity contribution in [2.45, 2.75) is 31.9 Å². The van der Waals surface area contributed by atoms with Gasteiger partial charge in [-0.05, 0) is 50.6 Å². The fraction of sp³-hybridized carbons (Fsp3) is 0.571. The lowest BCUT2D eigenvalue weighted by atomic mass is 9.91. The lowest BCUT2D eigenvalue weighted by molar-refractivity contribution is 0.117. The zero-order valence-corrected chi connectivity index (χ0v) is 12.3. The maximum Gasteiger partial charge on any atom is 0.126 e. The molecule has 3 atom stereocenters. The van der Waals surface area contributed by atoms with Crippen LogP contribution in [0.15, 0.2) is 22.7 Å². The summed E-state index contributed by atoms with van der Waals surface area (Å²) >= 11 is 3.39. The SMILES string of the molecule is CNC(Cc1cc(Br)ccc1F)C1COC(C)C1. The summed E-state index contributed by atoms with van der Waals surface area (Å²) in [7, 11) is 1.93. The van der Waals surface area contributed by atoms with Crippen LogP contribution in [-0.2, 0) is 11.2 Å². The topological polar surface area (TPSA) is 21.3 Å². The average Bonchev–Trinajstić information content (AvgIpc) is 2.77. The highest BCUT2D eigenvalue weighted by Crippen LogP contribution is 2.25. The molecule has 0 bridgehead atoms. The van der Waals surface area contributed by atoms with E-state index in [-0.39, 0.29) is 11.9 Å². The molecule has 100 valence electrons. The third-order valence-corrected chi connectivity index (χ3v) is 4.11. The minimum atomic E-state index is -0.134. The molecule has 4 heteroatoms. The molecule has 1 aliphatic heterocycles. The molecule has 0 amide bonds. The van der Waals surface area contributed by atoms with Crippen LogP contribution in [0.5, 0.6) is 0 Å². The van der Waals surface area contributed by atoms with Gasteiger partial charge in [-0.25, -0.2) is 4.39 Å². The van der Waals surface area contributed by atoms with Crippen LogP contribution in [-0.4, -0.2) is 25.8 Å². The fourth-order valence-electron chi connectivity index (χ4n) is 2.57. The molecule has 0 spiro atoms. The summed E-state index contributed by atoms with van der Waals surface area (Å²) in [4.78, 5) is 0. The molecule has 1 aromatic rings. The smallest absolute Gasteiger partial charge is 0.126 e. The van der Waals surface area contributed by atoms with Crippen molar-refractivity contribution in [2.75, 3.05) is 13.7 Å². The Morgan fingerprint density at radius 1 is 1.56 bits per heavy atom. The van der Waals surface area contributed by atoms with E-state index in [0.717, 1.165) is 23.1 Å². The minimum Gasteiger partial charge on any atom is -0.378 e. The molecule has 1 aliphatic rings. The van der Waals surface area contributed by atoms with Crippen molar-refractivity contribution in [2.24, 2.45) is 5.92 Å². The Labute approximate surface area is 116 Å². The standard InChI is InChI=1S/C14H19BrFNO/c1-9-5-11(8-18-9)14(17-2)7-10-6-12(15)3-4-13(10)16/h3-4,6,9,11,14,17H,5,7-8H2,1-2H3. The first-order valence-corrected chi connectivity index (χ1v) is 7.12. The van der Waals surface area contributed by atoms with E-state index in [4.69, 9.17) is 4.74 Å².